The minimum atomic E-state index is -0.134. The van der Waals surface area contributed by atoms with Crippen molar-refractivity contribution < 1.29 is 14.3 Å². The van der Waals surface area contributed by atoms with Gasteiger partial charge in [0.25, 0.3) is 5.91 Å². The molecule has 7 heteroatoms. The largest absolute Gasteiger partial charge is 0.497 e. The van der Waals surface area contributed by atoms with Gasteiger partial charge in [0.2, 0.25) is 0 Å². The lowest BCUT2D eigenvalue weighted by molar-refractivity contribution is 0.0697. The molecule has 2 N–H and O–H groups in total. The maximum Gasteiger partial charge on any atom is 0.322 e. The summed E-state index contributed by atoms with van der Waals surface area (Å²) in [6, 6.07) is 13.1. The van der Waals surface area contributed by atoms with Crippen molar-refractivity contribution in [2.24, 2.45) is 5.92 Å². The molecule has 182 valence electrons. The number of ether oxygens (including phenoxy) is 1. The third kappa shape index (κ3) is 4.90. The first-order chi connectivity index (χ1) is 17.0. The Bertz CT molecular complexity index is 1250. The Morgan fingerprint density at radius 3 is 2.49 bits per heavy atom. The second-order valence-electron chi connectivity index (χ2n) is 9.52. The van der Waals surface area contributed by atoms with Crippen LogP contribution in [0.1, 0.15) is 42.1 Å². The summed E-state index contributed by atoms with van der Waals surface area (Å²) in [4.78, 5) is 32.6. The molecular weight excluding hydrogens is 440 g/mol. The lowest BCUT2D eigenvalue weighted by Gasteiger charge is -2.30. The number of methoxy groups -OCH3 is 1. The van der Waals surface area contributed by atoms with Crippen LogP contribution in [0.2, 0.25) is 0 Å². The van der Waals surface area contributed by atoms with Crippen molar-refractivity contribution in [3.63, 3.8) is 0 Å². The highest BCUT2D eigenvalue weighted by atomic mass is 16.5. The molecule has 0 unspecified atom stereocenters. The van der Waals surface area contributed by atoms with Crippen molar-refractivity contribution in [2.75, 3.05) is 38.6 Å². The summed E-state index contributed by atoms with van der Waals surface area (Å²) in [7, 11) is 1.67. The van der Waals surface area contributed by atoms with Crippen LogP contribution in [0.3, 0.4) is 0 Å². The number of hydrogen-bond acceptors (Lipinski definition) is 3. The molecule has 2 aliphatic rings. The van der Waals surface area contributed by atoms with Crippen molar-refractivity contribution in [2.45, 2.75) is 26.2 Å². The normalized spacial score (nSPS) is 16.8. The summed E-state index contributed by atoms with van der Waals surface area (Å²) in [6.45, 7) is 5.04. The number of carbonyl (C=O) groups excluding carboxylic acids is 2. The van der Waals surface area contributed by atoms with Crippen LogP contribution in [0.15, 0.2) is 54.7 Å². The van der Waals surface area contributed by atoms with E-state index in [4.69, 9.17) is 4.74 Å². The van der Waals surface area contributed by atoms with Gasteiger partial charge in [0.05, 0.1) is 7.11 Å². The zero-order valence-electron chi connectivity index (χ0n) is 20.3. The first-order valence-corrected chi connectivity index (χ1v) is 12.3. The van der Waals surface area contributed by atoms with E-state index in [1.54, 1.807) is 24.1 Å². The minimum Gasteiger partial charge on any atom is -0.497 e. The Labute approximate surface area is 205 Å². The number of nitrogens with zero attached hydrogens (tertiary/aromatic N) is 2. The molecule has 0 spiro atoms. The monoisotopic (exact) mass is 472 g/mol. The third-order valence-corrected chi connectivity index (χ3v) is 7.19. The van der Waals surface area contributed by atoms with Crippen molar-refractivity contribution >= 4 is 34.1 Å². The Balaban J connectivity index is 1.20. The van der Waals surface area contributed by atoms with E-state index >= 15 is 0 Å². The van der Waals surface area contributed by atoms with Gasteiger partial charge < -0.3 is 24.8 Å². The smallest absolute Gasteiger partial charge is 0.322 e. The fourth-order valence-corrected chi connectivity index (χ4v) is 4.88. The lowest BCUT2D eigenvalue weighted by Crippen LogP contribution is -2.38. The zero-order chi connectivity index (χ0) is 24.4. The van der Waals surface area contributed by atoms with Gasteiger partial charge in [0.15, 0.2) is 0 Å². The number of likely N-dealkylation sites (tertiary alicyclic amines) is 1. The number of carbonyl (C=O) groups is 2. The number of urea groups is 1. The number of aromatic amines is 1. The molecule has 1 fully saturated rings. The molecule has 0 atom stereocenters. The van der Waals surface area contributed by atoms with Crippen molar-refractivity contribution in [3.05, 3.63) is 65.9 Å². The van der Waals surface area contributed by atoms with E-state index in [1.165, 1.54) is 5.57 Å². The second kappa shape index (κ2) is 9.86. The number of nitrogens with one attached hydrogen (secondary N) is 2. The Morgan fingerprint density at radius 2 is 1.80 bits per heavy atom. The number of H-pyrrole nitrogens is 1. The molecule has 1 aromatic heterocycles. The van der Waals surface area contributed by atoms with Crippen LogP contribution in [0.25, 0.3) is 16.5 Å². The van der Waals surface area contributed by atoms with Gasteiger partial charge >= 0.3 is 6.03 Å². The Morgan fingerprint density at radius 1 is 1.03 bits per heavy atom. The summed E-state index contributed by atoms with van der Waals surface area (Å²) < 4.78 is 5.38. The van der Waals surface area contributed by atoms with Crippen LogP contribution >= 0.6 is 0 Å². The van der Waals surface area contributed by atoms with Crippen LogP contribution in [-0.4, -0.2) is 60.0 Å². The molecule has 3 aromatic rings. The van der Waals surface area contributed by atoms with Gasteiger partial charge in [-0.25, -0.2) is 4.79 Å². The highest BCUT2D eigenvalue weighted by Gasteiger charge is 2.22. The van der Waals surface area contributed by atoms with Gasteiger partial charge in [-0.2, -0.15) is 0 Å². The molecule has 0 saturated carbocycles. The zero-order valence-corrected chi connectivity index (χ0v) is 20.3. The van der Waals surface area contributed by atoms with E-state index in [-0.39, 0.29) is 11.9 Å². The Hall–Kier alpha value is -3.74. The molecule has 1 saturated heterocycles. The number of aromatic nitrogens is 1. The van der Waals surface area contributed by atoms with Crippen LogP contribution in [-0.2, 0) is 0 Å². The number of hydrogen-bond donors (Lipinski definition) is 2. The van der Waals surface area contributed by atoms with E-state index in [1.807, 2.05) is 41.4 Å². The summed E-state index contributed by atoms with van der Waals surface area (Å²) in [6.07, 6.45) is 7.03. The average molecular weight is 473 g/mol. The van der Waals surface area contributed by atoms with Gasteiger partial charge in [-0.1, -0.05) is 13.0 Å². The minimum absolute atomic E-state index is 0.0679. The van der Waals surface area contributed by atoms with E-state index < -0.39 is 0 Å². The molecule has 7 nitrogen and oxygen atoms in total. The second-order valence-corrected chi connectivity index (χ2v) is 9.52. The van der Waals surface area contributed by atoms with E-state index in [2.05, 4.69) is 23.3 Å². The average Bonchev–Trinajstić information content (AvgIpc) is 3.32. The topological polar surface area (TPSA) is 77.7 Å². The molecule has 0 bridgehead atoms. The SMILES string of the molecule is COc1ccc2[nH]cc(C3=CCN(C(=O)Nc4ccc(C(=O)N5CCC(C)CC5)cc4)CC3)c2c1. The van der Waals surface area contributed by atoms with Crippen LogP contribution in [0.5, 0.6) is 5.75 Å². The molecule has 2 aromatic carbocycles. The number of rotatable bonds is 4. The van der Waals surface area contributed by atoms with Crippen LogP contribution in [0.4, 0.5) is 10.5 Å². The van der Waals surface area contributed by atoms with E-state index in [0.29, 0.717) is 30.3 Å². The summed E-state index contributed by atoms with van der Waals surface area (Å²) in [5.74, 6) is 1.58. The lowest BCUT2D eigenvalue weighted by atomic mass is 9.98. The quantitative estimate of drug-likeness (QED) is 0.536. The molecule has 2 aliphatic heterocycles. The maximum atomic E-state index is 12.8. The van der Waals surface area contributed by atoms with Crippen molar-refractivity contribution in [3.8, 4) is 5.75 Å². The van der Waals surface area contributed by atoms with Gasteiger partial charge in [-0.3, -0.25) is 4.79 Å². The van der Waals surface area contributed by atoms with Crippen LogP contribution < -0.4 is 10.1 Å². The Kier molecular flexibility index (Phi) is 6.49. The summed E-state index contributed by atoms with van der Waals surface area (Å²) in [5.41, 5.74) is 4.81. The number of fused-ring (bicyclic) bond motifs is 1. The summed E-state index contributed by atoms with van der Waals surface area (Å²) >= 11 is 0. The molecule has 35 heavy (non-hydrogen) atoms. The third-order valence-electron chi connectivity index (χ3n) is 7.19. The van der Waals surface area contributed by atoms with Crippen LogP contribution in [0, 0.1) is 5.92 Å². The van der Waals surface area contributed by atoms with Gasteiger partial charge in [-0.15, -0.1) is 0 Å². The first-order valence-electron chi connectivity index (χ1n) is 12.3. The standard InChI is InChI=1S/C28H32N4O3/c1-19-9-13-31(14-10-19)27(33)21-3-5-22(6-4-21)30-28(34)32-15-11-20(12-16-32)25-18-29-26-8-7-23(35-2)17-24(25)26/h3-8,11,17-19,29H,9-10,12-16H2,1-2H3,(H,30,34). The highest BCUT2D eigenvalue weighted by Crippen LogP contribution is 2.31. The fraction of sp³-hybridized carbons (Fsp3) is 0.357. The molecule has 3 heterocycles. The predicted octanol–water partition coefficient (Wildman–Crippen LogP) is 5.37. The number of benzene rings is 2. The molecule has 0 radical (unpaired) electrons. The van der Waals surface area contributed by atoms with E-state index in [0.717, 1.165) is 54.6 Å². The molecule has 0 aliphatic carbocycles. The molecular formula is C28H32N4O3. The summed E-state index contributed by atoms with van der Waals surface area (Å²) in [5, 5.41) is 4.09. The number of anilines is 1. The fourth-order valence-electron chi connectivity index (χ4n) is 4.88. The van der Waals surface area contributed by atoms with Gasteiger partial charge in [0, 0.05) is 60.1 Å². The van der Waals surface area contributed by atoms with Crippen molar-refractivity contribution in [1.29, 1.82) is 0 Å². The highest BCUT2D eigenvalue weighted by molar-refractivity contribution is 5.96. The van der Waals surface area contributed by atoms with Gasteiger partial charge in [0.1, 0.15) is 5.75 Å². The number of amides is 3. The van der Waals surface area contributed by atoms with Gasteiger partial charge in [-0.05, 0) is 73.2 Å². The molecule has 3 amide bonds. The van der Waals surface area contributed by atoms with E-state index in [9.17, 15) is 9.59 Å². The molecule has 5 rings (SSSR count). The van der Waals surface area contributed by atoms with Crippen molar-refractivity contribution in [1.82, 2.24) is 14.8 Å². The number of piperidine rings is 1. The maximum absolute atomic E-state index is 12.8. The first kappa shape index (κ1) is 23.0. The predicted molar refractivity (Wildman–Crippen MR) is 139 cm³/mol.